The van der Waals surface area contributed by atoms with E-state index in [4.69, 9.17) is 4.74 Å². The third kappa shape index (κ3) is 5.25. The van der Waals surface area contributed by atoms with Gasteiger partial charge in [-0.1, -0.05) is 25.1 Å². The maximum Gasteiger partial charge on any atom is 0.191 e. The van der Waals surface area contributed by atoms with Gasteiger partial charge in [-0.15, -0.1) is 24.0 Å². The first-order valence-corrected chi connectivity index (χ1v) is 9.48. The Labute approximate surface area is 175 Å². The molecule has 26 heavy (non-hydrogen) atoms. The van der Waals surface area contributed by atoms with Crippen LogP contribution in [0.5, 0.6) is 5.75 Å². The van der Waals surface area contributed by atoms with Crippen molar-refractivity contribution in [3.63, 3.8) is 0 Å². The number of halogens is 1. The van der Waals surface area contributed by atoms with Gasteiger partial charge in [0.2, 0.25) is 0 Å². The molecule has 6 heteroatoms. The van der Waals surface area contributed by atoms with E-state index in [1.807, 2.05) is 13.1 Å². The standard InChI is InChI=1S/C20H32N4O.HI/c1-5-24-11-10-15(14-24)13-22-19(21-4)23-17-12-20(2,3)25-18-9-7-6-8-16(17)18;/h6-9,15,17H,5,10-14H2,1-4H3,(H2,21,22,23);1H. The van der Waals surface area contributed by atoms with E-state index in [-0.39, 0.29) is 35.6 Å². The normalized spacial score (nSPS) is 25.0. The van der Waals surface area contributed by atoms with Crippen LogP contribution in [0, 0.1) is 5.92 Å². The Morgan fingerprint density at radius 3 is 2.81 bits per heavy atom. The molecule has 0 bridgehead atoms. The molecule has 3 rings (SSSR count). The van der Waals surface area contributed by atoms with Gasteiger partial charge in [-0.05, 0) is 45.3 Å². The maximum atomic E-state index is 6.12. The van der Waals surface area contributed by atoms with Gasteiger partial charge in [0.15, 0.2) is 5.96 Å². The summed E-state index contributed by atoms with van der Waals surface area (Å²) in [5, 5.41) is 7.14. The zero-order valence-electron chi connectivity index (χ0n) is 16.4. The zero-order valence-corrected chi connectivity index (χ0v) is 18.7. The van der Waals surface area contributed by atoms with Crippen molar-refractivity contribution >= 4 is 29.9 Å². The number of rotatable bonds is 4. The second-order valence-corrected chi connectivity index (χ2v) is 7.80. The predicted molar refractivity (Wildman–Crippen MR) is 119 cm³/mol. The molecule has 146 valence electrons. The molecular formula is C20H33IN4O. The SMILES string of the molecule is CCN1CCC(CNC(=NC)NC2CC(C)(C)Oc3ccccc32)C1.I. The number of hydrogen-bond donors (Lipinski definition) is 2. The summed E-state index contributed by atoms with van der Waals surface area (Å²) in [7, 11) is 1.85. The van der Waals surface area contributed by atoms with Gasteiger partial charge >= 0.3 is 0 Å². The van der Waals surface area contributed by atoms with Gasteiger partial charge in [0.25, 0.3) is 0 Å². The lowest BCUT2D eigenvalue weighted by Crippen LogP contribution is -2.46. The molecular weight excluding hydrogens is 439 g/mol. The molecule has 2 aliphatic heterocycles. The summed E-state index contributed by atoms with van der Waals surface area (Å²) in [5.41, 5.74) is 1.03. The summed E-state index contributed by atoms with van der Waals surface area (Å²) >= 11 is 0. The molecule has 0 radical (unpaired) electrons. The minimum atomic E-state index is -0.183. The third-order valence-corrected chi connectivity index (χ3v) is 5.29. The number of likely N-dealkylation sites (tertiary alicyclic amines) is 1. The molecule has 0 amide bonds. The Hall–Kier alpha value is -1.02. The number of ether oxygens (including phenoxy) is 1. The van der Waals surface area contributed by atoms with Gasteiger partial charge in [0, 0.05) is 32.1 Å². The number of nitrogens with one attached hydrogen (secondary N) is 2. The number of guanidine groups is 1. The molecule has 2 atom stereocenters. The molecule has 0 aliphatic carbocycles. The number of para-hydroxylation sites is 1. The van der Waals surface area contributed by atoms with E-state index in [1.54, 1.807) is 0 Å². The van der Waals surface area contributed by atoms with E-state index in [1.165, 1.54) is 25.1 Å². The first-order valence-electron chi connectivity index (χ1n) is 9.48. The van der Waals surface area contributed by atoms with Crippen LogP contribution in [-0.4, -0.2) is 49.7 Å². The van der Waals surface area contributed by atoms with Crippen molar-refractivity contribution in [1.29, 1.82) is 0 Å². The summed E-state index contributed by atoms with van der Waals surface area (Å²) in [5.74, 6) is 2.56. The van der Waals surface area contributed by atoms with Crippen molar-refractivity contribution in [2.75, 3.05) is 33.2 Å². The highest BCUT2D eigenvalue weighted by molar-refractivity contribution is 14.0. The number of benzene rings is 1. The molecule has 0 aromatic heterocycles. The summed E-state index contributed by atoms with van der Waals surface area (Å²) in [6.45, 7) is 11.1. The van der Waals surface area contributed by atoms with Crippen molar-refractivity contribution in [2.45, 2.75) is 45.3 Å². The van der Waals surface area contributed by atoms with E-state index < -0.39 is 0 Å². The fourth-order valence-corrected chi connectivity index (χ4v) is 3.90. The van der Waals surface area contributed by atoms with Crippen LogP contribution in [0.1, 0.15) is 45.2 Å². The molecule has 2 aliphatic rings. The van der Waals surface area contributed by atoms with E-state index in [0.717, 1.165) is 31.2 Å². The van der Waals surface area contributed by atoms with Crippen molar-refractivity contribution in [2.24, 2.45) is 10.9 Å². The molecule has 5 nitrogen and oxygen atoms in total. The number of nitrogens with zero attached hydrogens (tertiary/aromatic N) is 2. The van der Waals surface area contributed by atoms with E-state index in [2.05, 4.69) is 59.5 Å². The highest BCUT2D eigenvalue weighted by Crippen LogP contribution is 2.39. The van der Waals surface area contributed by atoms with Gasteiger partial charge in [0.1, 0.15) is 11.4 Å². The molecule has 1 aromatic carbocycles. The van der Waals surface area contributed by atoms with Crippen LogP contribution in [0.15, 0.2) is 29.3 Å². The van der Waals surface area contributed by atoms with Gasteiger partial charge in [-0.3, -0.25) is 4.99 Å². The second-order valence-electron chi connectivity index (χ2n) is 7.80. The Bertz CT molecular complexity index is 620. The zero-order chi connectivity index (χ0) is 17.9. The van der Waals surface area contributed by atoms with Crippen molar-refractivity contribution < 1.29 is 4.74 Å². The van der Waals surface area contributed by atoms with Crippen molar-refractivity contribution in [1.82, 2.24) is 15.5 Å². The van der Waals surface area contributed by atoms with Crippen LogP contribution >= 0.6 is 24.0 Å². The van der Waals surface area contributed by atoms with Gasteiger partial charge < -0.3 is 20.3 Å². The minimum Gasteiger partial charge on any atom is -0.487 e. The minimum absolute atomic E-state index is 0. The lowest BCUT2D eigenvalue weighted by Gasteiger charge is -2.38. The average molecular weight is 472 g/mol. The Balaban J connectivity index is 0.00000243. The van der Waals surface area contributed by atoms with Crippen LogP contribution in [-0.2, 0) is 0 Å². The molecule has 2 N–H and O–H groups in total. The van der Waals surface area contributed by atoms with E-state index in [0.29, 0.717) is 5.92 Å². The molecule has 2 unspecified atom stereocenters. The highest BCUT2D eigenvalue weighted by atomic mass is 127. The predicted octanol–water partition coefficient (Wildman–Crippen LogP) is 3.41. The summed E-state index contributed by atoms with van der Waals surface area (Å²) in [4.78, 5) is 6.96. The third-order valence-electron chi connectivity index (χ3n) is 5.29. The Morgan fingerprint density at radius 2 is 2.12 bits per heavy atom. The molecule has 1 aromatic rings. The Kier molecular flexibility index (Phi) is 7.58. The number of aliphatic imine (C=N–C) groups is 1. The van der Waals surface area contributed by atoms with Crippen molar-refractivity contribution in [3.8, 4) is 5.75 Å². The van der Waals surface area contributed by atoms with Crippen LogP contribution in [0.3, 0.4) is 0 Å². The molecule has 1 saturated heterocycles. The van der Waals surface area contributed by atoms with Gasteiger partial charge in [-0.25, -0.2) is 0 Å². The summed E-state index contributed by atoms with van der Waals surface area (Å²) in [6, 6.07) is 8.51. The fraction of sp³-hybridized carbons (Fsp3) is 0.650. The van der Waals surface area contributed by atoms with Gasteiger partial charge in [-0.2, -0.15) is 0 Å². The lowest BCUT2D eigenvalue weighted by molar-refractivity contribution is 0.0694. The topological polar surface area (TPSA) is 48.9 Å². The molecule has 1 fully saturated rings. The van der Waals surface area contributed by atoms with E-state index in [9.17, 15) is 0 Å². The number of fused-ring (bicyclic) bond motifs is 1. The maximum absolute atomic E-state index is 6.12. The van der Waals surface area contributed by atoms with Crippen LogP contribution < -0.4 is 15.4 Å². The van der Waals surface area contributed by atoms with Crippen LogP contribution in [0.2, 0.25) is 0 Å². The first-order chi connectivity index (χ1) is 12.0. The van der Waals surface area contributed by atoms with E-state index >= 15 is 0 Å². The summed E-state index contributed by atoms with van der Waals surface area (Å²) < 4.78 is 6.12. The lowest BCUT2D eigenvalue weighted by atomic mass is 9.90. The monoisotopic (exact) mass is 472 g/mol. The molecule has 0 spiro atoms. The smallest absolute Gasteiger partial charge is 0.191 e. The molecule has 0 saturated carbocycles. The first kappa shape index (κ1) is 21.3. The summed E-state index contributed by atoms with van der Waals surface area (Å²) in [6.07, 6.45) is 2.18. The largest absolute Gasteiger partial charge is 0.487 e. The quantitative estimate of drug-likeness (QED) is 0.401. The van der Waals surface area contributed by atoms with Crippen LogP contribution in [0.25, 0.3) is 0 Å². The van der Waals surface area contributed by atoms with Crippen LogP contribution in [0.4, 0.5) is 0 Å². The second kappa shape index (κ2) is 9.26. The molecule has 2 heterocycles. The van der Waals surface area contributed by atoms with Gasteiger partial charge in [0.05, 0.1) is 6.04 Å². The highest BCUT2D eigenvalue weighted by Gasteiger charge is 2.34. The van der Waals surface area contributed by atoms with Crippen molar-refractivity contribution in [3.05, 3.63) is 29.8 Å². The number of hydrogen-bond acceptors (Lipinski definition) is 3. The fourth-order valence-electron chi connectivity index (χ4n) is 3.90. The average Bonchev–Trinajstić information content (AvgIpc) is 3.05. The Morgan fingerprint density at radius 1 is 1.35 bits per heavy atom.